The first-order valence-electron chi connectivity index (χ1n) is 12.0. The Balaban J connectivity index is 1.25. The fourth-order valence-electron chi connectivity index (χ4n) is 5.09. The lowest BCUT2D eigenvalue weighted by molar-refractivity contribution is -0.137. The van der Waals surface area contributed by atoms with Gasteiger partial charge in [-0.1, -0.05) is 34.1 Å². The predicted octanol–water partition coefficient (Wildman–Crippen LogP) is 4.06. The van der Waals surface area contributed by atoms with Crippen molar-refractivity contribution in [1.82, 2.24) is 14.2 Å². The summed E-state index contributed by atoms with van der Waals surface area (Å²) in [5, 5.41) is 1.12. The molecule has 0 spiro atoms. The average molecular weight is 558 g/mol. The third-order valence-corrected chi connectivity index (χ3v) is 9.35. The van der Waals surface area contributed by atoms with Gasteiger partial charge in [0.05, 0.1) is 16.3 Å². The van der Waals surface area contributed by atoms with E-state index in [1.54, 1.807) is 24.3 Å². The summed E-state index contributed by atoms with van der Waals surface area (Å²) in [5.74, 6) is -0.236. The van der Waals surface area contributed by atoms with Gasteiger partial charge in [-0.25, -0.2) is 8.42 Å². The molecule has 5 rings (SSSR count). The first-order chi connectivity index (χ1) is 16.8. The summed E-state index contributed by atoms with van der Waals surface area (Å²) in [6.07, 6.45) is 1.41. The Kier molecular flexibility index (Phi) is 6.83. The summed E-state index contributed by atoms with van der Waals surface area (Å²) >= 11 is 3.35. The van der Waals surface area contributed by atoms with Crippen LogP contribution in [-0.2, 0) is 14.8 Å². The number of piperidine rings is 1. The summed E-state index contributed by atoms with van der Waals surface area (Å²) in [6.45, 7) is 5.44. The van der Waals surface area contributed by atoms with E-state index in [0.717, 1.165) is 46.3 Å². The quantitative estimate of drug-likeness (QED) is 0.484. The molecule has 1 unspecified atom stereocenters. The van der Waals surface area contributed by atoms with Crippen LogP contribution in [0.3, 0.4) is 0 Å². The molecule has 0 N–H and O–H groups in total. The summed E-state index contributed by atoms with van der Waals surface area (Å²) in [5.41, 5.74) is 3.12. The number of halogens is 1. The molecule has 2 aliphatic rings. The van der Waals surface area contributed by atoms with Crippen LogP contribution in [0.4, 0.5) is 5.69 Å². The number of fused-ring (bicyclic) bond motifs is 1. The molecule has 2 fully saturated rings. The number of anilines is 1. The Hall–Kier alpha value is -2.49. The Morgan fingerprint density at radius 1 is 1.00 bits per heavy atom. The van der Waals surface area contributed by atoms with Crippen LogP contribution in [0.2, 0.25) is 0 Å². The van der Waals surface area contributed by atoms with E-state index in [4.69, 9.17) is 0 Å². The minimum Gasteiger partial charge on any atom is -0.367 e. The molecule has 1 atom stereocenters. The second kappa shape index (κ2) is 9.87. The Bertz CT molecular complexity index is 1340. The monoisotopic (exact) mass is 556 g/mol. The van der Waals surface area contributed by atoms with Crippen molar-refractivity contribution in [3.8, 4) is 0 Å². The van der Waals surface area contributed by atoms with Crippen LogP contribution in [-0.4, -0.2) is 67.8 Å². The molecule has 1 aromatic heterocycles. The molecule has 0 aliphatic carbocycles. The van der Waals surface area contributed by atoms with Crippen molar-refractivity contribution in [2.24, 2.45) is 5.92 Å². The van der Waals surface area contributed by atoms with Crippen LogP contribution >= 0.6 is 15.9 Å². The maximum absolute atomic E-state index is 13.4. The Morgan fingerprint density at radius 3 is 2.46 bits per heavy atom. The third kappa shape index (κ3) is 4.94. The highest BCUT2D eigenvalue weighted by Gasteiger charge is 2.36. The number of aromatic nitrogens is 1. The molecule has 3 heterocycles. The van der Waals surface area contributed by atoms with Gasteiger partial charge in [-0.3, -0.25) is 9.78 Å². The van der Waals surface area contributed by atoms with E-state index in [1.165, 1.54) is 4.31 Å². The van der Waals surface area contributed by atoms with E-state index >= 15 is 0 Å². The van der Waals surface area contributed by atoms with E-state index in [9.17, 15) is 13.2 Å². The van der Waals surface area contributed by atoms with Crippen molar-refractivity contribution < 1.29 is 13.2 Å². The first-order valence-corrected chi connectivity index (χ1v) is 14.2. The highest BCUT2D eigenvalue weighted by atomic mass is 79.9. The number of carbonyl (C=O) groups excluding carboxylic acids is 1. The maximum Gasteiger partial charge on any atom is 0.243 e. The van der Waals surface area contributed by atoms with Crippen molar-refractivity contribution in [2.45, 2.75) is 24.7 Å². The fraction of sp³-hybridized carbons (Fsp3) is 0.385. The largest absolute Gasteiger partial charge is 0.367 e. The normalized spacial score (nSPS) is 19.8. The van der Waals surface area contributed by atoms with Gasteiger partial charge in [0, 0.05) is 60.5 Å². The topological polar surface area (TPSA) is 73.8 Å². The Morgan fingerprint density at radius 2 is 1.71 bits per heavy atom. The lowest BCUT2D eigenvalue weighted by Gasteiger charge is -2.39. The fourth-order valence-corrected chi connectivity index (χ4v) is 6.88. The zero-order valence-corrected chi connectivity index (χ0v) is 22.1. The van der Waals surface area contributed by atoms with Gasteiger partial charge in [-0.05, 0) is 56.2 Å². The maximum atomic E-state index is 13.4. The van der Waals surface area contributed by atoms with Crippen LogP contribution in [0.15, 0.2) is 64.0 Å². The van der Waals surface area contributed by atoms with E-state index in [-0.39, 0.29) is 23.3 Å². The molecule has 2 aliphatic heterocycles. The smallest absolute Gasteiger partial charge is 0.243 e. The molecule has 3 aromatic rings. The van der Waals surface area contributed by atoms with Crippen LogP contribution < -0.4 is 4.90 Å². The van der Waals surface area contributed by atoms with Crippen molar-refractivity contribution in [2.75, 3.05) is 44.2 Å². The molecule has 0 radical (unpaired) electrons. The SMILES string of the molecule is Cc1cc(N2CCN(C(=O)C3CCCN(S(=O)(=O)c4ccc(Br)cc4)C3)CC2)c2ccccc2n1. The number of pyridine rings is 1. The average Bonchev–Trinajstić information content (AvgIpc) is 2.88. The Labute approximate surface area is 214 Å². The molecule has 1 amide bonds. The van der Waals surface area contributed by atoms with Crippen LogP contribution in [0.5, 0.6) is 0 Å². The van der Waals surface area contributed by atoms with Crippen molar-refractivity contribution >= 4 is 48.5 Å². The van der Waals surface area contributed by atoms with Gasteiger partial charge in [0.25, 0.3) is 0 Å². The molecule has 184 valence electrons. The molecule has 7 nitrogen and oxygen atoms in total. The number of amides is 1. The molecule has 2 aromatic carbocycles. The lowest BCUT2D eigenvalue weighted by atomic mass is 9.97. The summed E-state index contributed by atoms with van der Waals surface area (Å²) in [7, 11) is -3.62. The number of carbonyl (C=O) groups is 1. The molecule has 2 saturated heterocycles. The number of nitrogens with zero attached hydrogens (tertiary/aromatic N) is 4. The second-order valence-electron chi connectivity index (χ2n) is 9.27. The van der Waals surface area contributed by atoms with Gasteiger partial charge in [0.1, 0.15) is 0 Å². The summed E-state index contributed by atoms with van der Waals surface area (Å²) in [4.78, 5) is 22.5. The minimum absolute atomic E-state index is 0.0659. The number of para-hydroxylation sites is 1. The van der Waals surface area contributed by atoms with Crippen molar-refractivity contribution in [3.63, 3.8) is 0 Å². The zero-order chi connectivity index (χ0) is 24.6. The highest BCUT2D eigenvalue weighted by molar-refractivity contribution is 9.10. The second-order valence-corrected chi connectivity index (χ2v) is 12.1. The van der Waals surface area contributed by atoms with Crippen LogP contribution in [0, 0.1) is 12.8 Å². The van der Waals surface area contributed by atoms with Gasteiger partial charge in [-0.2, -0.15) is 4.31 Å². The van der Waals surface area contributed by atoms with Gasteiger partial charge < -0.3 is 9.80 Å². The predicted molar refractivity (Wildman–Crippen MR) is 141 cm³/mol. The molecule has 35 heavy (non-hydrogen) atoms. The molecule has 0 saturated carbocycles. The van der Waals surface area contributed by atoms with E-state index in [2.05, 4.69) is 37.9 Å². The molecule has 0 bridgehead atoms. The van der Waals surface area contributed by atoms with E-state index in [0.29, 0.717) is 26.1 Å². The zero-order valence-electron chi connectivity index (χ0n) is 19.7. The molecule has 9 heteroatoms. The van der Waals surface area contributed by atoms with Gasteiger partial charge >= 0.3 is 0 Å². The van der Waals surface area contributed by atoms with Crippen molar-refractivity contribution in [1.29, 1.82) is 0 Å². The number of piperazine rings is 1. The lowest BCUT2D eigenvalue weighted by Crippen LogP contribution is -2.53. The third-order valence-electron chi connectivity index (χ3n) is 6.94. The number of benzene rings is 2. The molecular formula is C26H29BrN4O3S. The standard InChI is InChI=1S/C26H29BrN4O3S/c1-19-17-25(23-6-2-3-7-24(23)28-19)29-13-15-30(16-14-29)26(32)20-5-4-12-31(18-20)35(33,34)22-10-8-21(27)9-11-22/h2-3,6-11,17,20H,4-5,12-16,18H2,1H3. The van der Waals surface area contributed by atoms with E-state index in [1.807, 2.05) is 30.0 Å². The number of aryl methyl sites for hydroxylation is 1. The van der Waals surface area contributed by atoms with Crippen LogP contribution in [0.25, 0.3) is 10.9 Å². The van der Waals surface area contributed by atoms with Gasteiger partial charge in [0.15, 0.2) is 0 Å². The van der Waals surface area contributed by atoms with E-state index < -0.39 is 10.0 Å². The van der Waals surface area contributed by atoms with Gasteiger partial charge in [0.2, 0.25) is 15.9 Å². The minimum atomic E-state index is -3.62. The molecular weight excluding hydrogens is 528 g/mol. The van der Waals surface area contributed by atoms with Crippen molar-refractivity contribution in [3.05, 3.63) is 64.8 Å². The number of rotatable bonds is 4. The summed E-state index contributed by atoms with van der Waals surface area (Å²) < 4.78 is 28.6. The number of hydrogen-bond donors (Lipinski definition) is 0. The summed E-state index contributed by atoms with van der Waals surface area (Å²) in [6, 6.07) is 16.9. The number of sulfonamides is 1. The number of hydrogen-bond acceptors (Lipinski definition) is 5. The highest BCUT2D eigenvalue weighted by Crippen LogP contribution is 2.29. The van der Waals surface area contributed by atoms with Crippen LogP contribution in [0.1, 0.15) is 18.5 Å². The first kappa shape index (κ1) is 24.2. The van der Waals surface area contributed by atoms with Gasteiger partial charge in [-0.15, -0.1) is 0 Å².